The predicted molar refractivity (Wildman–Crippen MR) is 47.1 cm³/mol. The number of nitrogens with one attached hydrogen (secondary N) is 1. The van der Waals surface area contributed by atoms with Gasteiger partial charge in [0.1, 0.15) is 6.42 Å². The van der Waals surface area contributed by atoms with E-state index in [9.17, 15) is 18.0 Å². The van der Waals surface area contributed by atoms with Gasteiger partial charge < -0.3 is 10.2 Å². The Hall–Kier alpha value is -0.780. The van der Waals surface area contributed by atoms with Crippen molar-refractivity contribution in [3.63, 3.8) is 0 Å². The van der Waals surface area contributed by atoms with Gasteiger partial charge in [-0.05, 0) is 18.9 Å². The summed E-state index contributed by atoms with van der Waals surface area (Å²) in [5.74, 6) is -0.444. The van der Waals surface area contributed by atoms with Crippen LogP contribution in [-0.2, 0) is 4.79 Å². The highest BCUT2D eigenvalue weighted by atomic mass is 19.4. The molecule has 15 heavy (non-hydrogen) atoms. The van der Waals surface area contributed by atoms with Crippen LogP contribution in [0, 0.1) is 5.92 Å². The first-order valence-corrected chi connectivity index (χ1v) is 5.03. The third-order valence-electron chi connectivity index (χ3n) is 3.07. The van der Waals surface area contributed by atoms with Gasteiger partial charge >= 0.3 is 6.18 Å². The number of nitrogens with zero attached hydrogens (tertiary/aromatic N) is 1. The first kappa shape index (κ1) is 10.7. The zero-order valence-electron chi connectivity index (χ0n) is 8.18. The molecule has 0 unspecified atom stereocenters. The van der Waals surface area contributed by atoms with E-state index in [2.05, 4.69) is 5.32 Å². The average Bonchev–Trinajstić information content (AvgIpc) is 2.56. The number of amides is 1. The van der Waals surface area contributed by atoms with Crippen LogP contribution in [0.25, 0.3) is 0 Å². The summed E-state index contributed by atoms with van der Waals surface area (Å²) >= 11 is 0. The van der Waals surface area contributed by atoms with Crippen LogP contribution in [0.15, 0.2) is 0 Å². The Morgan fingerprint density at radius 3 is 2.73 bits per heavy atom. The van der Waals surface area contributed by atoms with Crippen LogP contribution >= 0.6 is 0 Å². The SMILES string of the molecule is O=C(CC(F)(F)F)N1C[C@H]2CCN[C@H]2C1. The molecule has 0 aromatic heterocycles. The van der Waals surface area contributed by atoms with Crippen molar-refractivity contribution in [1.82, 2.24) is 10.2 Å². The first-order chi connectivity index (χ1) is 6.96. The molecule has 0 radical (unpaired) electrons. The highest BCUT2D eigenvalue weighted by Crippen LogP contribution is 2.27. The fraction of sp³-hybridized carbons (Fsp3) is 0.889. The second-order valence-corrected chi connectivity index (χ2v) is 4.20. The average molecular weight is 222 g/mol. The van der Waals surface area contributed by atoms with Crippen LogP contribution in [0.2, 0.25) is 0 Å². The van der Waals surface area contributed by atoms with Crippen LogP contribution in [0.4, 0.5) is 13.2 Å². The summed E-state index contributed by atoms with van der Waals surface area (Å²) in [4.78, 5) is 12.6. The van der Waals surface area contributed by atoms with Gasteiger partial charge in [0.15, 0.2) is 0 Å². The zero-order valence-corrected chi connectivity index (χ0v) is 8.18. The molecular weight excluding hydrogens is 209 g/mol. The van der Waals surface area contributed by atoms with E-state index in [4.69, 9.17) is 0 Å². The number of carbonyl (C=O) groups is 1. The zero-order chi connectivity index (χ0) is 11.1. The minimum Gasteiger partial charge on any atom is -0.340 e. The van der Waals surface area contributed by atoms with Gasteiger partial charge in [-0.15, -0.1) is 0 Å². The minimum atomic E-state index is -4.39. The van der Waals surface area contributed by atoms with Crippen LogP contribution in [-0.4, -0.2) is 42.7 Å². The maximum Gasteiger partial charge on any atom is 0.397 e. The maximum absolute atomic E-state index is 12.0. The molecule has 2 atom stereocenters. The number of alkyl halides is 3. The van der Waals surface area contributed by atoms with E-state index in [1.54, 1.807) is 0 Å². The van der Waals surface area contributed by atoms with E-state index in [-0.39, 0.29) is 6.04 Å². The van der Waals surface area contributed by atoms with Gasteiger partial charge in [0.2, 0.25) is 5.91 Å². The van der Waals surface area contributed by atoms with Gasteiger partial charge in [-0.1, -0.05) is 0 Å². The van der Waals surface area contributed by atoms with Crippen molar-refractivity contribution < 1.29 is 18.0 Å². The van der Waals surface area contributed by atoms with Gasteiger partial charge in [-0.3, -0.25) is 4.79 Å². The Kier molecular flexibility index (Phi) is 2.62. The molecule has 2 saturated heterocycles. The van der Waals surface area contributed by atoms with Crippen LogP contribution < -0.4 is 5.32 Å². The lowest BCUT2D eigenvalue weighted by molar-refractivity contribution is -0.160. The topological polar surface area (TPSA) is 32.3 Å². The molecule has 3 nitrogen and oxygen atoms in total. The summed E-state index contributed by atoms with van der Waals surface area (Å²) in [6, 6.07) is 0.210. The number of hydrogen-bond acceptors (Lipinski definition) is 2. The molecule has 1 amide bonds. The normalized spacial score (nSPS) is 30.7. The van der Waals surface area contributed by atoms with E-state index in [1.165, 1.54) is 4.90 Å². The highest BCUT2D eigenvalue weighted by molar-refractivity contribution is 5.77. The van der Waals surface area contributed by atoms with Crippen molar-refractivity contribution in [2.24, 2.45) is 5.92 Å². The largest absolute Gasteiger partial charge is 0.397 e. The molecule has 0 bridgehead atoms. The summed E-state index contributed by atoms with van der Waals surface area (Å²) in [5, 5.41) is 3.19. The quantitative estimate of drug-likeness (QED) is 0.710. The monoisotopic (exact) mass is 222 g/mol. The van der Waals surface area contributed by atoms with Gasteiger partial charge in [0.05, 0.1) is 0 Å². The Morgan fingerprint density at radius 1 is 1.40 bits per heavy atom. The third kappa shape index (κ3) is 2.42. The molecular formula is C9H13F3N2O. The lowest BCUT2D eigenvalue weighted by Crippen LogP contribution is -2.36. The van der Waals surface area contributed by atoms with Gasteiger partial charge in [-0.2, -0.15) is 13.2 Å². The van der Waals surface area contributed by atoms with E-state index in [0.717, 1.165) is 13.0 Å². The number of likely N-dealkylation sites (tertiary alicyclic amines) is 1. The summed E-state index contributed by atoms with van der Waals surface area (Å²) < 4.78 is 36.0. The molecule has 2 heterocycles. The summed E-state index contributed by atoms with van der Waals surface area (Å²) in [6.07, 6.45) is -4.75. The van der Waals surface area contributed by atoms with Crippen molar-refractivity contribution in [2.45, 2.75) is 25.1 Å². The number of carbonyl (C=O) groups excluding carboxylic acids is 1. The van der Waals surface area contributed by atoms with Crippen molar-refractivity contribution >= 4 is 5.91 Å². The van der Waals surface area contributed by atoms with Gasteiger partial charge in [-0.25, -0.2) is 0 Å². The van der Waals surface area contributed by atoms with Crippen molar-refractivity contribution in [1.29, 1.82) is 0 Å². The van der Waals surface area contributed by atoms with Crippen molar-refractivity contribution in [2.75, 3.05) is 19.6 Å². The number of fused-ring (bicyclic) bond motifs is 1. The second-order valence-electron chi connectivity index (χ2n) is 4.20. The highest BCUT2D eigenvalue weighted by Gasteiger charge is 2.41. The minimum absolute atomic E-state index is 0.210. The molecule has 0 spiro atoms. The number of rotatable bonds is 1. The molecule has 0 aliphatic carbocycles. The second kappa shape index (κ2) is 3.66. The number of hydrogen-bond donors (Lipinski definition) is 1. The first-order valence-electron chi connectivity index (χ1n) is 5.03. The lowest BCUT2D eigenvalue weighted by atomic mass is 10.1. The molecule has 2 aliphatic heterocycles. The molecule has 2 rings (SSSR count). The van der Waals surface area contributed by atoms with Crippen molar-refractivity contribution in [3.8, 4) is 0 Å². The van der Waals surface area contributed by atoms with E-state index in [0.29, 0.717) is 19.0 Å². The Balaban J connectivity index is 1.88. The Morgan fingerprint density at radius 2 is 2.13 bits per heavy atom. The molecule has 0 aromatic carbocycles. The molecule has 0 aromatic rings. The molecule has 2 fully saturated rings. The fourth-order valence-corrected chi connectivity index (χ4v) is 2.34. The maximum atomic E-state index is 12.0. The fourth-order valence-electron chi connectivity index (χ4n) is 2.34. The lowest BCUT2D eigenvalue weighted by Gasteiger charge is -2.18. The van der Waals surface area contributed by atoms with Crippen LogP contribution in [0.3, 0.4) is 0 Å². The molecule has 0 saturated carbocycles. The smallest absolute Gasteiger partial charge is 0.340 e. The molecule has 86 valence electrons. The third-order valence-corrected chi connectivity index (χ3v) is 3.07. The van der Waals surface area contributed by atoms with Crippen LogP contribution in [0.1, 0.15) is 12.8 Å². The predicted octanol–water partition coefficient (Wildman–Crippen LogP) is 0.759. The van der Waals surface area contributed by atoms with E-state index in [1.807, 2.05) is 0 Å². The molecule has 2 aliphatic rings. The number of halogens is 3. The van der Waals surface area contributed by atoms with Gasteiger partial charge in [0.25, 0.3) is 0 Å². The van der Waals surface area contributed by atoms with E-state index >= 15 is 0 Å². The van der Waals surface area contributed by atoms with Crippen molar-refractivity contribution in [3.05, 3.63) is 0 Å². The standard InChI is InChI=1S/C9H13F3N2O/c10-9(11,12)3-8(15)14-4-6-1-2-13-7(6)5-14/h6-7,13H,1-5H2/t6-,7+/m1/s1. The summed E-state index contributed by atoms with van der Waals surface area (Å²) in [7, 11) is 0. The molecule has 6 heteroatoms. The Labute approximate surface area is 85.6 Å². The summed E-state index contributed by atoms with van der Waals surface area (Å²) in [6.45, 7) is 1.82. The van der Waals surface area contributed by atoms with Gasteiger partial charge in [0, 0.05) is 19.1 Å². The van der Waals surface area contributed by atoms with Crippen LogP contribution in [0.5, 0.6) is 0 Å². The Bertz CT molecular complexity index is 255. The summed E-state index contributed by atoms with van der Waals surface area (Å²) in [5.41, 5.74) is 0. The molecule has 1 N–H and O–H groups in total. The van der Waals surface area contributed by atoms with E-state index < -0.39 is 18.5 Å².